The first-order chi connectivity index (χ1) is 33.5. The molecule has 1 aliphatic carbocycles. The summed E-state index contributed by atoms with van der Waals surface area (Å²) >= 11 is 0. The first-order valence-electron chi connectivity index (χ1n) is 23.6. The van der Waals surface area contributed by atoms with Gasteiger partial charge in [-0.05, 0) is 89.7 Å². The third kappa shape index (κ3) is 20.2. The fourth-order valence-corrected chi connectivity index (χ4v) is 7.19. The maximum atomic E-state index is 12.8. The van der Waals surface area contributed by atoms with Gasteiger partial charge in [0.15, 0.2) is 0 Å². The van der Waals surface area contributed by atoms with Crippen molar-refractivity contribution < 1.29 is 33.4 Å². The van der Waals surface area contributed by atoms with E-state index in [2.05, 4.69) is 149 Å². The zero-order valence-electron chi connectivity index (χ0n) is 42.2. The molecule has 5 aromatic rings. The zero-order valence-corrected chi connectivity index (χ0v) is 42.2. The summed E-state index contributed by atoms with van der Waals surface area (Å²) in [6.45, 7) is 12.8. The summed E-state index contributed by atoms with van der Waals surface area (Å²) in [6.07, 6.45) is 24.2. The van der Waals surface area contributed by atoms with Gasteiger partial charge in [0.25, 0.3) is 0 Å². The number of fused-ring (bicyclic) bond motifs is 1. The summed E-state index contributed by atoms with van der Waals surface area (Å²) in [5.41, 5.74) is 6.55. The van der Waals surface area contributed by atoms with Crippen LogP contribution >= 0.6 is 0 Å². The highest BCUT2D eigenvalue weighted by molar-refractivity contribution is 5.90. The number of carbonyl (C=O) groups excluding carboxylic acids is 4. The molecule has 1 saturated carbocycles. The van der Waals surface area contributed by atoms with Crippen LogP contribution in [0.5, 0.6) is 0 Å². The van der Waals surface area contributed by atoms with Gasteiger partial charge in [-0.15, -0.1) is 12.8 Å². The second kappa shape index (κ2) is 32.9. The predicted octanol–water partition coefficient (Wildman–Crippen LogP) is 9.64. The molecule has 1 fully saturated rings. The van der Waals surface area contributed by atoms with Crippen molar-refractivity contribution in [2.75, 3.05) is 54.6 Å². The van der Waals surface area contributed by atoms with Crippen LogP contribution in [0.15, 0.2) is 85.4 Å². The molecule has 0 unspecified atom stereocenters. The highest BCUT2D eigenvalue weighted by Gasteiger charge is 2.40. The van der Waals surface area contributed by atoms with Gasteiger partial charge in [0.2, 0.25) is 12.3 Å². The predicted molar refractivity (Wildman–Crippen MR) is 277 cm³/mol. The summed E-state index contributed by atoms with van der Waals surface area (Å²) < 4.78 is 13.3. The average molecular weight is 949 g/mol. The number of ether oxygens (including phenoxy) is 3. The summed E-state index contributed by atoms with van der Waals surface area (Å²) in [4.78, 5) is 61.2. The molecule has 0 spiro atoms. The molecule has 1 atom stereocenters. The Morgan fingerprint density at radius 2 is 1.45 bits per heavy atom. The number of hydrogen-bond donors (Lipinski definition) is 5. The first-order valence-corrected chi connectivity index (χ1v) is 23.6. The lowest BCUT2D eigenvalue weighted by molar-refractivity contribution is -0.132. The van der Waals surface area contributed by atoms with Crippen molar-refractivity contribution in [3.8, 4) is 46.5 Å². The molecular formula is C54H76N8O7. The number of rotatable bonds is 17. The van der Waals surface area contributed by atoms with Gasteiger partial charge < -0.3 is 49.8 Å². The number of nitrogens with zero attached hydrogens (tertiary/aromatic N) is 3. The van der Waals surface area contributed by atoms with E-state index >= 15 is 0 Å². The number of alkyl carbamates (subject to hydrolysis) is 1. The van der Waals surface area contributed by atoms with Crippen LogP contribution in [0, 0.1) is 24.2 Å². The molecule has 69 heavy (non-hydrogen) atoms. The van der Waals surface area contributed by atoms with Crippen molar-refractivity contribution in [1.82, 2.24) is 40.8 Å². The molecule has 3 aromatic carbocycles. The number of aromatic nitrogens is 4. The molecule has 3 heterocycles. The van der Waals surface area contributed by atoms with Gasteiger partial charge in [0.05, 0.1) is 69.4 Å². The number of H-pyrrole nitrogens is 2. The van der Waals surface area contributed by atoms with Gasteiger partial charge >= 0.3 is 6.09 Å². The van der Waals surface area contributed by atoms with Crippen molar-refractivity contribution in [3.63, 3.8) is 0 Å². The molecule has 3 amide bonds. The quantitative estimate of drug-likeness (QED) is 0.0443. The minimum absolute atomic E-state index is 0.00662. The molecular weight excluding hydrogens is 873 g/mol. The van der Waals surface area contributed by atoms with E-state index in [0.29, 0.717) is 31.7 Å². The van der Waals surface area contributed by atoms with Crippen molar-refractivity contribution in [3.05, 3.63) is 97.0 Å². The van der Waals surface area contributed by atoms with Gasteiger partial charge in [-0.3, -0.25) is 9.59 Å². The van der Waals surface area contributed by atoms with Crippen LogP contribution in [0.25, 0.3) is 44.4 Å². The Labute approximate surface area is 410 Å². The highest BCUT2D eigenvalue weighted by atomic mass is 16.5. The van der Waals surface area contributed by atoms with E-state index in [1.807, 2.05) is 25.5 Å². The van der Waals surface area contributed by atoms with Crippen molar-refractivity contribution in [1.29, 1.82) is 0 Å². The zero-order chi connectivity index (χ0) is 51.0. The standard InChI is InChI=1S/C38H45N7O2.C5H8O.C4H7NO3.C3H8.C2H6O.C2H2/c1-5-25(6-2)36(39-4)37-42-20-32(44-37)27-9-7-26(8-10-27)28-11-12-30-18-31(14-13-29(30)17-28)33-19-41-34(43-33)22-45(23-38(3)15-16-38)35(47)21-40-24-46;1-2-4-6-5-3-1;1-8-4(7)5-2-3-6;2*1-3-2;1-2/h7-14,17-20,24-25,36,39H,5-6,15-16,21-23H2,1-4H3,(H,40,46)(H,41,43)(H,42,44);2,4H,1,3,5H2;3H,2H2,1H3,(H,5,7);3H2,1-2H3;1-2H3;1-2H/t36-;;;;;/m0...../s1. The van der Waals surface area contributed by atoms with Crippen LogP contribution in [-0.2, 0) is 35.1 Å². The molecule has 15 heteroatoms. The van der Waals surface area contributed by atoms with E-state index in [1.165, 1.54) is 26.4 Å². The summed E-state index contributed by atoms with van der Waals surface area (Å²) in [5, 5.41) is 10.4. The van der Waals surface area contributed by atoms with Crippen LogP contribution in [-0.4, -0.2) is 104 Å². The van der Waals surface area contributed by atoms with Gasteiger partial charge in [0.1, 0.15) is 17.9 Å². The van der Waals surface area contributed by atoms with E-state index in [1.54, 1.807) is 25.4 Å². The Balaban J connectivity index is 0.000000618. The number of aldehydes is 1. The maximum absolute atomic E-state index is 12.8. The lowest BCUT2D eigenvalue weighted by atomic mass is 9.94. The monoisotopic (exact) mass is 949 g/mol. The largest absolute Gasteiger partial charge is 0.502 e. The van der Waals surface area contributed by atoms with Crippen molar-refractivity contribution in [2.45, 2.75) is 92.2 Å². The number of methoxy groups -OCH3 is 2. The lowest BCUT2D eigenvalue weighted by Crippen LogP contribution is -2.40. The summed E-state index contributed by atoms with van der Waals surface area (Å²) in [5.74, 6) is 2.14. The number of imidazole rings is 2. The van der Waals surface area contributed by atoms with Crippen molar-refractivity contribution >= 4 is 35.5 Å². The summed E-state index contributed by atoms with van der Waals surface area (Å²) in [7, 11) is 6.49. The molecule has 0 bridgehead atoms. The molecule has 5 N–H and O–H groups in total. The minimum Gasteiger partial charge on any atom is -0.502 e. The molecule has 0 radical (unpaired) electrons. The molecule has 1 aliphatic heterocycles. The van der Waals surface area contributed by atoms with Crippen LogP contribution in [0.2, 0.25) is 0 Å². The van der Waals surface area contributed by atoms with Crippen LogP contribution in [0.4, 0.5) is 4.79 Å². The third-order valence-electron chi connectivity index (χ3n) is 11.1. The molecule has 2 aliphatic rings. The topological polar surface area (TPSA) is 193 Å². The number of hydrogen-bond acceptors (Lipinski definition) is 10. The smallest absolute Gasteiger partial charge is 0.407 e. The van der Waals surface area contributed by atoms with Crippen molar-refractivity contribution in [2.24, 2.45) is 11.3 Å². The SMILES string of the molecule is C#C.C1=COCCC1.CCC.CCC(CC)[C@H](NC)c1ncc(-c2ccc(-c3ccc4cc(-c5cnc(CN(CC6(C)CC6)C(=O)CNC=O)[nH]5)ccc4c3)cc2)[nH]1.COC.COC(=O)NCC=O. The second-order valence-corrected chi connectivity index (χ2v) is 16.7. The number of benzene rings is 3. The number of aromatic amines is 2. The number of amides is 3. The summed E-state index contributed by atoms with van der Waals surface area (Å²) in [6, 6.07) is 21.8. The average Bonchev–Trinajstić information content (AvgIpc) is 3.68. The molecule has 0 saturated heterocycles. The Kier molecular flexibility index (Phi) is 27.8. The van der Waals surface area contributed by atoms with E-state index in [0.717, 1.165) is 88.4 Å². The first kappa shape index (κ1) is 58.4. The van der Waals surface area contributed by atoms with Crippen LogP contribution < -0.4 is 16.0 Å². The van der Waals surface area contributed by atoms with Gasteiger partial charge in [-0.1, -0.05) is 102 Å². The molecule has 15 nitrogen and oxygen atoms in total. The van der Waals surface area contributed by atoms with E-state index < -0.39 is 6.09 Å². The number of carbonyl (C=O) groups is 4. The van der Waals surface area contributed by atoms with E-state index in [4.69, 9.17) is 9.72 Å². The minimum atomic E-state index is -0.586. The molecule has 374 valence electrons. The van der Waals surface area contributed by atoms with Crippen LogP contribution in [0.1, 0.15) is 97.3 Å². The Morgan fingerprint density at radius 1 is 0.870 bits per heavy atom. The fraction of sp³-hybridized carbons (Fsp3) is 0.444. The lowest BCUT2D eigenvalue weighted by Gasteiger charge is -2.25. The normalized spacial score (nSPS) is 12.9. The molecule has 2 aromatic heterocycles. The van der Waals surface area contributed by atoms with Gasteiger partial charge in [-0.2, -0.15) is 0 Å². The highest BCUT2D eigenvalue weighted by Crippen LogP contribution is 2.45. The van der Waals surface area contributed by atoms with E-state index in [9.17, 15) is 19.2 Å². The van der Waals surface area contributed by atoms with Gasteiger partial charge in [-0.25, -0.2) is 14.8 Å². The number of terminal acetylenes is 1. The Bertz CT molecular complexity index is 2280. The molecule has 7 rings (SSSR count). The third-order valence-corrected chi connectivity index (χ3v) is 11.1. The maximum Gasteiger partial charge on any atom is 0.407 e. The van der Waals surface area contributed by atoms with E-state index in [-0.39, 0.29) is 30.5 Å². The Morgan fingerprint density at radius 3 is 1.96 bits per heavy atom. The fourth-order valence-electron chi connectivity index (χ4n) is 7.19. The Hall–Kier alpha value is -6.76. The number of allylic oxidation sites excluding steroid dienone is 1. The second-order valence-electron chi connectivity index (χ2n) is 16.7. The van der Waals surface area contributed by atoms with Crippen LogP contribution in [0.3, 0.4) is 0 Å². The van der Waals surface area contributed by atoms with Gasteiger partial charge in [0, 0.05) is 26.3 Å². The number of nitrogens with one attached hydrogen (secondary N) is 5.